The second kappa shape index (κ2) is 8.55. The summed E-state index contributed by atoms with van der Waals surface area (Å²) in [6.07, 6.45) is -2.37. The van der Waals surface area contributed by atoms with Crippen molar-refractivity contribution in [1.29, 1.82) is 0 Å². The van der Waals surface area contributed by atoms with Crippen LogP contribution in [0.15, 0.2) is 24.3 Å². The molecule has 0 spiro atoms. The van der Waals surface area contributed by atoms with Crippen LogP contribution in [-0.2, 0) is 11.0 Å². The van der Waals surface area contributed by atoms with Crippen LogP contribution in [0.3, 0.4) is 0 Å². The number of carbonyl (C=O) groups excluding carboxylic acids is 1. The molecule has 1 unspecified atom stereocenters. The van der Waals surface area contributed by atoms with Gasteiger partial charge in [0.2, 0.25) is 5.91 Å². The third kappa shape index (κ3) is 6.03. The fourth-order valence-electron chi connectivity index (χ4n) is 2.67. The Balaban J connectivity index is 0.00000264. The maximum Gasteiger partial charge on any atom is 0.416 e. The van der Waals surface area contributed by atoms with Crippen LogP contribution in [0, 0.1) is 0 Å². The molecule has 0 bridgehead atoms. The molecule has 1 fully saturated rings. The molecule has 1 amide bonds. The minimum Gasteiger partial charge on any atom is -0.353 e. The number of alkyl halides is 3. The van der Waals surface area contributed by atoms with Gasteiger partial charge in [0.1, 0.15) is 0 Å². The lowest BCUT2D eigenvalue weighted by atomic mass is 9.95. The molecule has 1 saturated heterocycles. The van der Waals surface area contributed by atoms with Gasteiger partial charge in [-0.2, -0.15) is 13.2 Å². The summed E-state index contributed by atoms with van der Waals surface area (Å²) in [5.74, 6) is -0.346. The van der Waals surface area contributed by atoms with Crippen molar-refractivity contribution in [3.05, 3.63) is 35.4 Å². The Morgan fingerprint density at radius 1 is 1.35 bits per heavy atom. The number of hydrogen-bond acceptors (Lipinski definition) is 2. The van der Waals surface area contributed by atoms with Crippen LogP contribution in [0.25, 0.3) is 0 Å². The zero-order valence-electron chi connectivity index (χ0n) is 13.0. The van der Waals surface area contributed by atoms with Crippen LogP contribution in [-0.4, -0.2) is 25.0 Å². The van der Waals surface area contributed by atoms with Crippen molar-refractivity contribution >= 4 is 18.3 Å². The quantitative estimate of drug-likeness (QED) is 0.872. The van der Waals surface area contributed by atoms with Crippen LogP contribution in [0.4, 0.5) is 13.2 Å². The molecule has 1 aromatic rings. The summed E-state index contributed by atoms with van der Waals surface area (Å²) < 4.78 is 38.2. The Hall–Kier alpha value is -1.27. The zero-order valence-corrected chi connectivity index (χ0v) is 13.8. The van der Waals surface area contributed by atoms with Gasteiger partial charge in [-0.05, 0) is 43.5 Å². The Labute approximate surface area is 140 Å². The minimum absolute atomic E-state index is 0. The Morgan fingerprint density at radius 2 is 2.00 bits per heavy atom. The number of benzene rings is 1. The maximum atomic E-state index is 12.7. The molecule has 2 rings (SSSR count). The van der Waals surface area contributed by atoms with Gasteiger partial charge in [-0.1, -0.05) is 25.1 Å². The van der Waals surface area contributed by atoms with Crippen LogP contribution in [0.2, 0.25) is 0 Å². The number of amides is 1. The molecule has 0 aliphatic carbocycles. The predicted octanol–water partition coefficient (Wildman–Crippen LogP) is 3.49. The highest BCUT2D eigenvalue weighted by Gasteiger charge is 2.30. The fraction of sp³-hybridized carbons (Fsp3) is 0.562. The van der Waals surface area contributed by atoms with Crippen molar-refractivity contribution in [2.45, 2.75) is 44.3 Å². The third-order valence-corrected chi connectivity index (χ3v) is 3.98. The van der Waals surface area contributed by atoms with Gasteiger partial charge in [-0.15, -0.1) is 12.4 Å². The first-order valence-corrected chi connectivity index (χ1v) is 7.53. The fourth-order valence-corrected chi connectivity index (χ4v) is 2.67. The standard InChI is InChI=1S/C16H21F3N2O.ClH/c1-11(9-15(22)21-14-5-7-20-8-6-14)12-3-2-4-13(10-12)16(17,18)19;/h2-4,10-11,14,20H,5-9H2,1H3,(H,21,22);1H. The summed E-state index contributed by atoms with van der Waals surface area (Å²) in [4.78, 5) is 12.0. The molecule has 0 radical (unpaired) electrons. The maximum absolute atomic E-state index is 12.7. The van der Waals surface area contributed by atoms with Crippen molar-refractivity contribution in [3.63, 3.8) is 0 Å². The molecule has 1 aromatic carbocycles. The van der Waals surface area contributed by atoms with Crippen molar-refractivity contribution < 1.29 is 18.0 Å². The molecular weight excluding hydrogens is 329 g/mol. The third-order valence-electron chi connectivity index (χ3n) is 3.98. The molecule has 1 atom stereocenters. The van der Waals surface area contributed by atoms with E-state index in [9.17, 15) is 18.0 Å². The monoisotopic (exact) mass is 350 g/mol. The highest BCUT2D eigenvalue weighted by atomic mass is 35.5. The molecule has 2 N–H and O–H groups in total. The van der Waals surface area contributed by atoms with Gasteiger partial charge in [0.25, 0.3) is 0 Å². The van der Waals surface area contributed by atoms with Gasteiger partial charge < -0.3 is 10.6 Å². The van der Waals surface area contributed by atoms with E-state index in [1.807, 2.05) is 0 Å². The van der Waals surface area contributed by atoms with Crippen LogP contribution < -0.4 is 10.6 Å². The number of nitrogens with one attached hydrogen (secondary N) is 2. The number of halogens is 4. The van der Waals surface area contributed by atoms with Crippen LogP contribution >= 0.6 is 12.4 Å². The summed E-state index contributed by atoms with van der Waals surface area (Å²) in [6.45, 7) is 3.54. The highest BCUT2D eigenvalue weighted by molar-refractivity contribution is 5.85. The molecule has 1 aliphatic heterocycles. The first-order chi connectivity index (χ1) is 10.4. The lowest BCUT2D eigenvalue weighted by molar-refractivity contribution is -0.137. The van der Waals surface area contributed by atoms with Crippen LogP contribution in [0.1, 0.15) is 43.2 Å². The summed E-state index contributed by atoms with van der Waals surface area (Å²) in [7, 11) is 0. The van der Waals surface area contributed by atoms with E-state index in [1.165, 1.54) is 6.07 Å². The second-order valence-electron chi connectivity index (χ2n) is 5.82. The van der Waals surface area contributed by atoms with E-state index in [2.05, 4.69) is 10.6 Å². The summed E-state index contributed by atoms with van der Waals surface area (Å²) in [6, 6.07) is 5.37. The summed E-state index contributed by atoms with van der Waals surface area (Å²) in [5, 5.41) is 6.18. The smallest absolute Gasteiger partial charge is 0.353 e. The first kappa shape index (κ1) is 19.8. The molecule has 130 valence electrons. The van der Waals surface area contributed by atoms with E-state index in [0.717, 1.165) is 38.1 Å². The SMILES string of the molecule is CC(CC(=O)NC1CCNCC1)c1cccc(C(F)(F)F)c1.Cl. The van der Waals surface area contributed by atoms with E-state index in [0.29, 0.717) is 5.56 Å². The Morgan fingerprint density at radius 3 is 2.61 bits per heavy atom. The van der Waals surface area contributed by atoms with Gasteiger partial charge in [0, 0.05) is 12.5 Å². The number of piperidine rings is 1. The normalized spacial score (nSPS) is 17.2. The molecule has 0 aromatic heterocycles. The average Bonchev–Trinajstić information content (AvgIpc) is 2.47. The van der Waals surface area contributed by atoms with Crippen molar-refractivity contribution in [2.24, 2.45) is 0 Å². The summed E-state index contributed by atoms with van der Waals surface area (Å²) >= 11 is 0. The zero-order chi connectivity index (χ0) is 16.2. The minimum atomic E-state index is -4.35. The lowest BCUT2D eigenvalue weighted by Crippen LogP contribution is -2.42. The number of rotatable bonds is 4. The average molecular weight is 351 g/mol. The van der Waals surface area contributed by atoms with E-state index in [1.54, 1.807) is 13.0 Å². The molecular formula is C16H22ClF3N2O. The van der Waals surface area contributed by atoms with Crippen molar-refractivity contribution in [1.82, 2.24) is 10.6 Å². The number of hydrogen-bond donors (Lipinski definition) is 2. The molecule has 1 heterocycles. The molecule has 0 saturated carbocycles. The van der Waals surface area contributed by atoms with Gasteiger partial charge in [-0.3, -0.25) is 4.79 Å². The van der Waals surface area contributed by atoms with E-state index >= 15 is 0 Å². The number of carbonyl (C=O) groups is 1. The van der Waals surface area contributed by atoms with Gasteiger partial charge >= 0.3 is 6.18 Å². The van der Waals surface area contributed by atoms with E-state index in [-0.39, 0.29) is 36.7 Å². The Kier molecular flexibility index (Phi) is 7.35. The van der Waals surface area contributed by atoms with E-state index in [4.69, 9.17) is 0 Å². The van der Waals surface area contributed by atoms with Crippen molar-refractivity contribution in [3.8, 4) is 0 Å². The Bertz CT molecular complexity index is 516. The predicted molar refractivity (Wildman–Crippen MR) is 85.8 cm³/mol. The topological polar surface area (TPSA) is 41.1 Å². The first-order valence-electron chi connectivity index (χ1n) is 7.53. The summed E-state index contributed by atoms with van der Waals surface area (Å²) in [5.41, 5.74) is -0.133. The molecule has 7 heteroatoms. The molecule has 1 aliphatic rings. The van der Waals surface area contributed by atoms with Gasteiger partial charge in [-0.25, -0.2) is 0 Å². The molecule has 23 heavy (non-hydrogen) atoms. The lowest BCUT2D eigenvalue weighted by Gasteiger charge is -2.24. The second-order valence-corrected chi connectivity index (χ2v) is 5.82. The van der Waals surface area contributed by atoms with Gasteiger partial charge in [0.05, 0.1) is 5.56 Å². The van der Waals surface area contributed by atoms with Crippen molar-refractivity contribution in [2.75, 3.05) is 13.1 Å². The van der Waals surface area contributed by atoms with Gasteiger partial charge in [0.15, 0.2) is 0 Å². The largest absolute Gasteiger partial charge is 0.416 e. The molecule has 3 nitrogen and oxygen atoms in total. The van der Waals surface area contributed by atoms with E-state index < -0.39 is 11.7 Å². The van der Waals surface area contributed by atoms with Crippen LogP contribution in [0.5, 0.6) is 0 Å². The highest BCUT2D eigenvalue weighted by Crippen LogP contribution is 2.31.